The number of thiophene rings is 2. The van der Waals surface area contributed by atoms with Crippen LogP contribution in [0.3, 0.4) is 0 Å². The maximum absolute atomic E-state index is 11.7. The van der Waals surface area contributed by atoms with Crippen LogP contribution >= 0.6 is 34.3 Å². The number of carbonyl (C=O) groups excluding carboxylic acids is 1. The van der Waals surface area contributed by atoms with Crippen molar-refractivity contribution in [3.63, 3.8) is 0 Å². The van der Waals surface area contributed by atoms with Crippen LogP contribution in [0.2, 0.25) is 4.34 Å². The molecule has 0 bridgehead atoms. The van der Waals surface area contributed by atoms with Crippen molar-refractivity contribution >= 4 is 46.3 Å². The lowest BCUT2D eigenvalue weighted by Crippen LogP contribution is -2.23. The largest absolute Gasteiger partial charge is 0.345 e. The van der Waals surface area contributed by atoms with Gasteiger partial charge < -0.3 is 5.32 Å². The van der Waals surface area contributed by atoms with Crippen LogP contribution < -0.4 is 5.32 Å². The lowest BCUT2D eigenvalue weighted by molar-refractivity contribution is -0.117. The van der Waals surface area contributed by atoms with Gasteiger partial charge in [0.15, 0.2) is 0 Å². The third kappa shape index (κ3) is 3.70. The Morgan fingerprint density at radius 1 is 1.44 bits per heavy atom. The van der Waals surface area contributed by atoms with Crippen molar-refractivity contribution in [1.82, 2.24) is 5.32 Å². The molecule has 18 heavy (non-hydrogen) atoms. The van der Waals surface area contributed by atoms with E-state index in [1.807, 2.05) is 35.9 Å². The van der Waals surface area contributed by atoms with E-state index in [1.54, 1.807) is 23.5 Å². The van der Waals surface area contributed by atoms with E-state index in [-0.39, 0.29) is 11.9 Å². The molecule has 2 aromatic rings. The lowest BCUT2D eigenvalue weighted by Gasteiger charge is -2.09. The zero-order chi connectivity index (χ0) is 13.0. The number of halogens is 1. The highest BCUT2D eigenvalue weighted by molar-refractivity contribution is 7.16. The van der Waals surface area contributed by atoms with Gasteiger partial charge in [0.1, 0.15) is 0 Å². The molecule has 2 rings (SSSR count). The van der Waals surface area contributed by atoms with Gasteiger partial charge in [-0.05, 0) is 47.5 Å². The summed E-state index contributed by atoms with van der Waals surface area (Å²) >= 11 is 8.95. The van der Waals surface area contributed by atoms with Gasteiger partial charge in [-0.25, -0.2) is 0 Å². The molecular weight excluding hydrogens is 286 g/mol. The molecule has 0 saturated heterocycles. The number of carbonyl (C=O) groups is 1. The van der Waals surface area contributed by atoms with Crippen LogP contribution in [0.25, 0.3) is 6.08 Å². The second-order valence-corrected chi connectivity index (χ2v) is 6.29. The number of rotatable bonds is 4. The molecule has 1 unspecified atom stereocenters. The fraction of sp³-hybridized carbons (Fsp3) is 0.154. The fourth-order valence-corrected chi connectivity index (χ4v) is 3.13. The zero-order valence-electron chi connectivity index (χ0n) is 9.72. The van der Waals surface area contributed by atoms with Gasteiger partial charge in [0.05, 0.1) is 10.4 Å². The van der Waals surface area contributed by atoms with E-state index >= 15 is 0 Å². The molecule has 0 aromatic carbocycles. The molecule has 0 aliphatic rings. The summed E-state index contributed by atoms with van der Waals surface area (Å²) < 4.78 is 0.736. The predicted molar refractivity (Wildman–Crippen MR) is 79.2 cm³/mol. The number of hydrogen-bond acceptors (Lipinski definition) is 3. The van der Waals surface area contributed by atoms with Crippen LogP contribution in [0.4, 0.5) is 0 Å². The highest BCUT2D eigenvalue weighted by atomic mass is 35.5. The molecule has 1 N–H and O–H groups in total. The third-order valence-electron chi connectivity index (χ3n) is 2.35. The van der Waals surface area contributed by atoms with Crippen molar-refractivity contribution in [2.24, 2.45) is 0 Å². The highest BCUT2D eigenvalue weighted by Gasteiger charge is 2.09. The monoisotopic (exact) mass is 297 g/mol. The third-order valence-corrected chi connectivity index (χ3v) is 4.47. The summed E-state index contributed by atoms with van der Waals surface area (Å²) in [5.74, 6) is -0.0989. The van der Waals surface area contributed by atoms with Gasteiger partial charge >= 0.3 is 0 Å². The first kappa shape index (κ1) is 13.3. The van der Waals surface area contributed by atoms with Crippen LogP contribution in [-0.4, -0.2) is 5.91 Å². The SMILES string of the molecule is CC(NC(=O)C=Cc1ccsc1)c1ccc(Cl)s1. The second kappa shape index (κ2) is 6.18. The Bertz CT molecular complexity index is 545. The van der Waals surface area contributed by atoms with E-state index in [9.17, 15) is 4.79 Å². The Balaban J connectivity index is 1.91. The van der Waals surface area contributed by atoms with Crippen LogP contribution in [0.5, 0.6) is 0 Å². The molecule has 0 saturated carbocycles. The molecular formula is C13H12ClNOS2. The van der Waals surface area contributed by atoms with E-state index in [4.69, 9.17) is 11.6 Å². The lowest BCUT2D eigenvalue weighted by atomic mass is 10.2. The average molecular weight is 298 g/mol. The molecule has 1 amide bonds. The standard InChI is InChI=1S/C13H12ClNOS2/c1-9(11-3-4-12(14)18-11)15-13(16)5-2-10-6-7-17-8-10/h2-9H,1H3,(H,15,16). The van der Waals surface area contributed by atoms with Crippen molar-refractivity contribution in [2.75, 3.05) is 0 Å². The minimum absolute atomic E-state index is 0.0258. The van der Waals surface area contributed by atoms with Crippen molar-refractivity contribution < 1.29 is 4.79 Å². The zero-order valence-corrected chi connectivity index (χ0v) is 12.1. The Kier molecular flexibility index (Phi) is 4.58. The first-order chi connectivity index (χ1) is 8.65. The van der Waals surface area contributed by atoms with Gasteiger partial charge in [-0.3, -0.25) is 4.79 Å². The predicted octanol–water partition coefficient (Wildman–Crippen LogP) is 4.35. The molecule has 2 aromatic heterocycles. The smallest absolute Gasteiger partial charge is 0.244 e. The average Bonchev–Trinajstić information content (AvgIpc) is 2.97. The van der Waals surface area contributed by atoms with Gasteiger partial charge in [-0.15, -0.1) is 11.3 Å². The number of hydrogen-bond donors (Lipinski definition) is 1. The Hall–Kier alpha value is -1.10. The molecule has 2 heterocycles. The van der Waals surface area contributed by atoms with Crippen LogP contribution in [0.1, 0.15) is 23.4 Å². The normalized spacial score (nSPS) is 12.8. The molecule has 0 radical (unpaired) electrons. The Morgan fingerprint density at radius 2 is 2.28 bits per heavy atom. The van der Waals surface area contributed by atoms with E-state index in [0.717, 1.165) is 14.8 Å². The summed E-state index contributed by atoms with van der Waals surface area (Å²) in [5.41, 5.74) is 1.04. The molecule has 0 fully saturated rings. The molecule has 1 atom stereocenters. The summed E-state index contributed by atoms with van der Waals surface area (Å²) in [7, 11) is 0. The summed E-state index contributed by atoms with van der Waals surface area (Å²) in [4.78, 5) is 12.8. The Labute approximate surface area is 119 Å². The van der Waals surface area contributed by atoms with Crippen LogP contribution in [0, 0.1) is 0 Å². The van der Waals surface area contributed by atoms with E-state index in [2.05, 4.69) is 5.32 Å². The molecule has 94 valence electrons. The summed E-state index contributed by atoms with van der Waals surface area (Å²) in [6.45, 7) is 1.94. The van der Waals surface area contributed by atoms with Crippen LogP contribution in [0.15, 0.2) is 35.0 Å². The summed E-state index contributed by atoms with van der Waals surface area (Å²) in [6.07, 6.45) is 3.35. The van der Waals surface area contributed by atoms with Gasteiger partial charge in [0.25, 0.3) is 0 Å². The van der Waals surface area contributed by atoms with Crippen molar-refractivity contribution in [3.05, 3.63) is 49.8 Å². The number of nitrogens with one attached hydrogen (secondary N) is 1. The van der Waals surface area contributed by atoms with E-state index in [0.29, 0.717) is 0 Å². The van der Waals surface area contributed by atoms with Crippen molar-refractivity contribution in [1.29, 1.82) is 0 Å². The maximum atomic E-state index is 11.7. The van der Waals surface area contributed by atoms with E-state index in [1.165, 1.54) is 11.3 Å². The first-order valence-electron chi connectivity index (χ1n) is 5.41. The van der Waals surface area contributed by atoms with Gasteiger partial charge in [0, 0.05) is 11.0 Å². The summed E-state index contributed by atoms with van der Waals surface area (Å²) in [6, 6.07) is 5.71. The topological polar surface area (TPSA) is 29.1 Å². The second-order valence-electron chi connectivity index (χ2n) is 3.76. The Morgan fingerprint density at radius 3 is 2.89 bits per heavy atom. The highest BCUT2D eigenvalue weighted by Crippen LogP contribution is 2.26. The van der Waals surface area contributed by atoms with Gasteiger partial charge in [0.2, 0.25) is 5.91 Å². The summed E-state index contributed by atoms with van der Waals surface area (Å²) in [5, 5.41) is 6.87. The van der Waals surface area contributed by atoms with Crippen molar-refractivity contribution in [2.45, 2.75) is 13.0 Å². The minimum atomic E-state index is -0.0989. The maximum Gasteiger partial charge on any atom is 0.244 e. The fourth-order valence-electron chi connectivity index (χ4n) is 1.44. The first-order valence-corrected chi connectivity index (χ1v) is 7.55. The minimum Gasteiger partial charge on any atom is -0.345 e. The van der Waals surface area contributed by atoms with Crippen molar-refractivity contribution in [3.8, 4) is 0 Å². The molecule has 0 aliphatic heterocycles. The molecule has 2 nitrogen and oxygen atoms in total. The van der Waals surface area contributed by atoms with Gasteiger partial charge in [-0.1, -0.05) is 11.6 Å². The quantitative estimate of drug-likeness (QED) is 0.835. The molecule has 0 spiro atoms. The number of amides is 1. The molecule has 5 heteroatoms. The van der Waals surface area contributed by atoms with Gasteiger partial charge in [-0.2, -0.15) is 11.3 Å². The molecule has 0 aliphatic carbocycles. The van der Waals surface area contributed by atoms with Crippen LogP contribution in [-0.2, 0) is 4.79 Å². The van der Waals surface area contributed by atoms with E-state index < -0.39 is 0 Å².